The molecule has 3 heterocycles. The molecular weight excluding hydrogens is 276 g/mol. The van der Waals surface area contributed by atoms with Gasteiger partial charge < -0.3 is 20.5 Å². The number of nitrogen functional groups attached to an aromatic ring is 1. The van der Waals surface area contributed by atoms with Gasteiger partial charge in [-0.25, -0.2) is 9.78 Å². The number of hydrogen-bond donors (Lipinski definition) is 2. The molecule has 2 aromatic rings. The van der Waals surface area contributed by atoms with Crippen molar-refractivity contribution in [2.24, 2.45) is 0 Å². The summed E-state index contributed by atoms with van der Waals surface area (Å²) in [6.45, 7) is 4.41. The first kappa shape index (κ1) is 13.6. The van der Waals surface area contributed by atoms with Crippen LogP contribution in [0.2, 0.25) is 0 Å². The Morgan fingerprint density at radius 1 is 1.38 bits per heavy atom. The molecule has 0 unspecified atom stereocenters. The molecule has 9 heteroatoms. The smallest absolute Gasteiger partial charge is 0.341 e. The highest BCUT2D eigenvalue weighted by molar-refractivity contribution is 5.94. The first-order valence-corrected chi connectivity index (χ1v) is 6.73. The molecule has 2 aromatic heterocycles. The number of carbonyl (C=O) groups is 1. The molecule has 112 valence electrons. The highest BCUT2D eigenvalue weighted by Crippen LogP contribution is 2.20. The second kappa shape index (κ2) is 5.17. The molecule has 1 saturated heterocycles. The van der Waals surface area contributed by atoms with Crippen LogP contribution >= 0.6 is 0 Å². The van der Waals surface area contributed by atoms with Crippen LogP contribution in [0.4, 0.5) is 11.8 Å². The van der Waals surface area contributed by atoms with Crippen molar-refractivity contribution in [3.63, 3.8) is 0 Å². The minimum atomic E-state index is -1.11. The van der Waals surface area contributed by atoms with Gasteiger partial charge in [0, 0.05) is 13.1 Å². The number of carboxylic acid groups (broad SMARTS) is 1. The van der Waals surface area contributed by atoms with Crippen LogP contribution in [0.3, 0.4) is 0 Å². The number of morpholine rings is 1. The second-order valence-corrected chi connectivity index (χ2v) is 4.70. The zero-order valence-electron chi connectivity index (χ0n) is 11.6. The van der Waals surface area contributed by atoms with E-state index in [2.05, 4.69) is 15.1 Å². The Morgan fingerprint density at radius 2 is 2.10 bits per heavy atom. The van der Waals surface area contributed by atoms with Crippen molar-refractivity contribution in [1.29, 1.82) is 0 Å². The summed E-state index contributed by atoms with van der Waals surface area (Å²) in [6.07, 6.45) is 0.460. The zero-order chi connectivity index (χ0) is 15.0. The molecule has 21 heavy (non-hydrogen) atoms. The molecule has 0 radical (unpaired) electrons. The zero-order valence-corrected chi connectivity index (χ0v) is 11.6. The van der Waals surface area contributed by atoms with E-state index < -0.39 is 5.97 Å². The third-order valence-corrected chi connectivity index (χ3v) is 3.43. The third kappa shape index (κ3) is 2.25. The quantitative estimate of drug-likeness (QED) is 0.798. The minimum Gasteiger partial charge on any atom is -0.477 e. The number of nitrogens with zero attached hydrogens (tertiary/aromatic N) is 5. The van der Waals surface area contributed by atoms with Crippen molar-refractivity contribution in [3.8, 4) is 0 Å². The lowest BCUT2D eigenvalue weighted by atomic mass is 10.2. The molecule has 1 aliphatic rings. The lowest BCUT2D eigenvalue weighted by Crippen LogP contribution is -2.36. The molecule has 0 atom stereocenters. The fourth-order valence-electron chi connectivity index (χ4n) is 2.34. The standard InChI is InChI=1S/C12H16N6O3/c1-2-7-8(10(19)20)9(13)18-11(14-7)15-12(16-18)17-3-5-21-6-4-17/h2-6,13H2,1H3,(H,19,20). The Bertz CT molecular complexity index is 692. The largest absolute Gasteiger partial charge is 0.477 e. The molecule has 1 aliphatic heterocycles. The van der Waals surface area contributed by atoms with E-state index in [4.69, 9.17) is 10.5 Å². The molecule has 3 N–H and O–H groups in total. The Balaban J connectivity index is 2.12. The first-order chi connectivity index (χ1) is 10.1. The van der Waals surface area contributed by atoms with Gasteiger partial charge in [-0.1, -0.05) is 6.92 Å². The number of anilines is 2. The summed E-state index contributed by atoms with van der Waals surface area (Å²) in [6, 6.07) is 0. The van der Waals surface area contributed by atoms with Crippen LogP contribution < -0.4 is 10.6 Å². The average Bonchev–Trinajstić information content (AvgIpc) is 2.92. The maximum absolute atomic E-state index is 11.3. The van der Waals surface area contributed by atoms with Crippen LogP contribution in [-0.2, 0) is 11.2 Å². The molecule has 3 rings (SSSR count). The van der Waals surface area contributed by atoms with E-state index >= 15 is 0 Å². The van der Waals surface area contributed by atoms with Crippen molar-refractivity contribution in [3.05, 3.63) is 11.3 Å². The molecule has 1 fully saturated rings. The lowest BCUT2D eigenvalue weighted by molar-refractivity contribution is 0.0696. The number of aromatic carboxylic acids is 1. The molecule has 0 amide bonds. The molecule has 0 bridgehead atoms. The summed E-state index contributed by atoms with van der Waals surface area (Å²) >= 11 is 0. The van der Waals surface area contributed by atoms with Gasteiger partial charge >= 0.3 is 5.97 Å². The predicted molar refractivity (Wildman–Crippen MR) is 74.6 cm³/mol. The number of ether oxygens (including phenoxy) is 1. The maximum atomic E-state index is 11.3. The van der Waals surface area contributed by atoms with Crippen LogP contribution in [-0.4, -0.2) is 57.0 Å². The molecule has 0 aromatic carbocycles. The topological polar surface area (TPSA) is 119 Å². The van der Waals surface area contributed by atoms with E-state index in [9.17, 15) is 9.90 Å². The van der Waals surface area contributed by atoms with Gasteiger partial charge in [0.2, 0.25) is 5.95 Å². The first-order valence-electron chi connectivity index (χ1n) is 6.73. The van der Waals surface area contributed by atoms with E-state index in [-0.39, 0.29) is 11.4 Å². The SMILES string of the molecule is CCc1nc2nc(N3CCOCC3)nn2c(N)c1C(=O)O. The van der Waals surface area contributed by atoms with Crippen LogP contribution in [0.1, 0.15) is 23.0 Å². The number of aromatic nitrogens is 4. The van der Waals surface area contributed by atoms with Gasteiger partial charge in [0.25, 0.3) is 5.78 Å². The summed E-state index contributed by atoms with van der Waals surface area (Å²) in [5.41, 5.74) is 6.34. The van der Waals surface area contributed by atoms with Crippen molar-refractivity contribution in [2.75, 3.05) is 36.9 Å². The van der Waals surface area contributed by atoms with Crippen LogP contribution in [0.15, 0.2) is 0 Å². The number of rotatable bonds is 3. The van der Waals surface area contributed by atoms with Gasteiger partial charge in [-0.15, -0.1) is 5.10 Å². The Hall–Kier alpha value is -2.42. The van der Waals surface area contributed by atoms with Crippen LogP contribution in [0, 0.1) is 0 Å². The third-order valence-electron chi connectivity index (χ3n) is 3.43. The van der Waals surface area contributed by atoms with Gasteiger partial charge in [0.05, 0.1) is 18.9 Å². The van der Waals surface area contributed by atoms with Gasteiger partial charge in [-0.05, 0) is 6.42 Å². The Morgan fingerprint density at radius 3 is 2.71 bits per heavy atom. The van der Waals surface area contributed by atoms with Gasteiger partial charge in [0.1, 0.15) is 11.4 Å². The monoisotopic (exact) mass is 292 g/mol. The molecule has 0 saturated carbocycles. The highest BCUT2D eigenvalue weighted by atomic mass is 16.5. The van der Waals surface area contributed by atoms with Gasteiger partial charge in [0.15, 0.2) is 0 Å². The summed E-state index contributed by atoms with van der Waals surface area (Å²) in [4.78, 5) is 21.9. The molecule has 0 spiro atoms. The number of aryl methyl sites for hydroxylation is 1. The van der Waals surface area contributed by atoms with E-state index in [0.29, 0.717) is 50.1 Å². The molecule has 9 nitrogen and oxygen atoms in total. The highest BCUT2D eigenvalue weighted by Gasteiger charge is 2.22. The number of fused-ring (bicyclic) bond motifs is 1. The van der Waals surface area contributed by atoms with E-state index in [0.717, 1.165) is 0 Å². The summed E-state index contributed by atoms with van der Waals surface area (Å²) in [7, 11) is 0. The summed E-state index contributed by atoms with van der Waals surface area (Å²) in [5.74, 6) is -0.253. The van der Waals surface area contributed by atoms with E-state index in [1.807, 2.05) is 11.8 Å². The number of hydrogen-bond acceptors (Lipinski definition) is 7. The number of carboxylic acids is 1. The van der Waals surface area contributed by atoms with Crippen molar-refractivity contribution in [1.82, 2.24) is 19.6 Å². The maximum Gasteiger partial charge on any atom is 0.341 e. The minimum absolute atomic E-state index is 0.0107. The lowest BCUT2D eigenvalue weighted by Gasteiger charge is -2.25. The van der Waals surface area contributed by atoms with E-state index in [1.54, 1.807) is 0 Å². The second-order valence-electron chi connectivity index (χ2n) is 4.70. The van der Waals surface area contributed by atoms with Gasteiger partial charge in [-0.2, -0.15) is 9.50 Å². The van der Waals surface area contributed by atoms with E-state index in [1.165, 1.54) is 4.52 Å². The summed E-state index contributed by atoms with van der Waals surface area (Å²) in [5, 5.41) is 13.6. The van der Waals surface area contributed by atoms with Crippen LogP contribution in [0.25, 0.3) is 5.78 Å². The normalized spacial score (nSPS) is 15.6. The van der Waals surface area contributed by atoms with Crippen molar-refractivity contribution < 1.29 is 14.6 Å². The van der Waals surface area contributed by atoms with Crippen molar-refractivity contribution >= 4 is 23.5 Å². The van der Waals surface area contributed by atoms with Gasteiger partial charge in [-0.3, -0.25) is 0 Å². The average molecular weight is 292 g/mol. The van der Waals surface area contributed by atoms with Crippen molar-refractivity contribution in [2.45, 2.75) is 13.3 Å². The molecular formula is C12H16N6O3. The Labute approximate surface area is 120 Å². The predicted octanol–water partition coefficient (Wildman–Crippen LogP) is -0.196. The fourth-order valence-corrected chi connectivity index (χ4v) is 2.34. The fraction of sp³-hybridized carbons (Fsp3) is 0.500. The van der Waals surface area contributed by atoms with Crippen LogP contribution in [0.5, 0.6) is 0 Å². The Kier molecular flexibility index (Phi) is 3.34. The summed E-state index contributed by atoms with van der Waals surface area (Å²) < 4.78 is 6.57. The molecule has 0 aliphatic carbocycles. The number of nitrogens with two attached hydrogens (primary N) is 1.